The molecule has 4 nitrogen and oxygen atoms in total. The summed E-state index contributed by atoms with van der Waals surface area (Å²) in [5.41, 5.74) is 4.08. The first kappa shape index (κ1) is 20.3. The minimum absolute atomic E-state index is 0.330. The second-order valence-electron chi connectivity index (χ2n) is 8.17. The molecule has 2 aromatic rings. The fourth-order valence-electron chi connectivity index (χ4n) is 4.51. The first-order valence-corrected chi connectivity index (χ1v) is 10.8. The maximum atomic E-state index is 5.45. The zero-order chi connectivity index (χ0) is 19.9. The van der Waals surface area contributed by atoms with Gasteiger partial charge >= 0.3 is 0 Å². The highest BCUT2D eigenvalue weighted by Gasteiger charge is 2.26. The van der Waals surface area contributed by atoms with E-state index in [1.165, 1.54) is 16.7 Å². The number of hydrogen-bond donors (Lipinski definition) is 0. The van der Waals surface area contributed by atoms with Crippen LogP contribution in [-0.4, -0.2) is 80.3 Å². The highest BCUT2D eigenvalue weighted by atomic mass is 16.5. The molecule has 154 valence electrons. The zero-order valence-corrected chi connectivity index (χ0v) is 17.4. The fraction of sp³-hybridized carbons (Fsp3) is 0.440. The van der Waals surface area contributed by atoms with Crippen molar-refractivity contribution in [2.45, 2.75) is 6.04 Å². The van der Waals surface area contributed by atoms with Crippen LogP contribution in [0.15, 0.2) is 72.8 Å². The van der Waals surface area contributed by atoms with Crippen LogP contribution in [0.5, 0.6) is 0 Å². The number of benzene rings is 2. The van der Waals surface area contributed by atoms with Crippen molar-refractivity contribution in [1.82, 2.24) is 14.7 Å². The Morgan fingerprint density at radius 1 is 0.724 bits per heavy atom. The van der Waals surface area contributed by atoms with E-state index in [1.807, 2.05) is 0 Å². The molecule has 2 saturated heterocycles. The van der Waals surface area contributed by atoms with Gasteiger partial charge in [-0.05, 0) is 16.7 Å². The molecule has 29 heavy (non-hydrogen) atoms. The Morgan fingerprint density at radius 3 is 1.72 bits per heavy atom. The summed E-state index contributed by atoms with van der Waals surface area (Å²) in [7, 11) is 0. The van der Waals surface area contributed by atoms with Crippen LogP contribution in [0.1, 0.15) is 17.2 Å². The van der Waals surface area contributed by atoms with Crippen molar-refractivity contribution >= 4 is 0 Å². The van der Waals surface area contributed by atoms with E-state index in [0.717, 1.165) is 65.6 Å². The Hall–Kier alpha value is -1.98. The van der Waals surface area contributed by atoms with Crippen molar-refractivity contribution in [2.24, 2.45) is 0 Å². The van der Waals surface area contributed by atoms with E-state index in [1.54, 1.807) is 0 Å². The topological polar surface area (TPSA) is 19.0 Å². The maximum absolute atomic E-state index is 5.45. The van der Waals surface area contributed by atoms with Crippen LogP contribution in [0.4, 0.5) is 0 Å². The first-order valence-electron chi connectivity index (χ1n) is 10.8. The first-order chi connectivity index (χ1) is 14.3. The Morgan fingerprint density at radius 2 is 1.21 bits per heavy atom. The predicted octanol–water partition coefficient (Wildman–Crippen LogP) is 3.28. The summed E-state index contributed by atoms with van der Waals surface area (Å²) in [4.78, 5) is 7.65. The van der Waals surface area contributed by atoms with Gasteiger partial charge in [-0.15, -0.1) is 0 Å². The lowest BCUT2D eigenvalue weighted by atomic mass is 9.96. The molecule has 0 saturated carbocycles. The van der Waals surface area contributed by atoms with Gasteiger partial charge in [0.05, 0.1) is 19.3 Å². The van der Waals surface area contributed by atoms with Crippen LogP contribution in [0.3, 0.4) is 0 Å². The SMILES string of the molecule is C=C(CN1CCOCC1)CN1CCN(C(c2ccccc2)c2ccccc2)CC1. The average Bonchev–Trinajstić information content (AvgIpc) is 2.77. The largest absolute Gasteiger partial charge is 0.379 e. The molecule has 2 aromatic carbocycles. The monoisotopic (exact) mass is 391 g/mol. The van der Waals surface area contributed by atoms with Gasteiger partial charge in [-0.3, -0.25) is 14.7 Å². The van der Waals surface area contributed by atoms with E-state index >= 15 is 0 Å². The van der Waals surface area contributed by atoms with Gasteiger partial charge in [0.25, 0.3) is 0 Å². The molecule has 0 aliphatic carbocycles. The summed E-state index contributed by atoms with van der Waals surface area (Å²) in [6, 6.07) is 22.2. The van der Waals surface area contributed by atoms with Crippen LogP contribution in [0, 0.1) is 0 Å². The molecular weight excluding hydrogens is 358 g/mol. The quantitative estimate of drug-likeness (QED) is 0.674. The zero-order valence-electron chi connectivity index (χ0n) is 17.4. The summed E-state index contributed by atoms with van der Waals surface area (Å²) >= 11 is 0. The van der Waals surface area contributed by atoms with Gasteiger partial charge in [0, 0.05) is 52.4 Å². The van der Waals surface area contributed by atoms with Crippen LogP contribution in [0.2, 0.25) is 0 Å². The number of morpholine rings is 1. The Kier molecular flexibility index (Phi) is 7.12. The molecular formula is C25H33N3O. The fourth-order valence-corrected chi connectivity index (χ4v) is 4.51. The lowest BCUT2D eigenvalue weighted by Gasteiger charge is -2.40. The maximum Gasteiger partial charge on any atom is 0.0602 e. The number of nitrogens with zero attached hydrogens (tertiary/aromatic N) is 3. The van der Waals surface area contributed by atoms with Crippen LogP contribution in [-0.2, 0) is 4.74 Å². The predicted molar refractivity (Wildman–Crippen MR) is 119 cm³/mol. The highest BCUT2D eigenvalue weighted by molar-refractivity contribution is 5.32. The molecule has 0 atom stereocenters. The van der Waals surface area contributed by atoms with Gasteiger partial charge < -0.3 is 4.74 Å². The number of rotatable bonds is 7. The molecule has 4 rings (SSSR count). The molecule has 0 aromatic heterocycles. The van der Waals surface area contributed by atoms with Crippen LogP contribution < -0.4 is 0 Å². The summed E-state index contributed by atoms with van der Waals surface area (Å²) < 4.78 is 5.45. The van der Waals surface area contributed by atoms with Crippen molar-refractivity contribution in [1.29, 1.82) is 0 Å². The van der Waals surface area contributed by atoms with E-state index in [-0.39, 0.29) is 0 Å². The molecule has 0 amide bonds. The van der Waals surface area contributed by atoms with E-state index in [9.17, 15) is 0 Å². The molecule has 0 spiro atoms. The summed E-state index contributed by atoms with van der Waals surface area (Å²) in [5, 5.41) is 0. The second-order valence-corrected chi connectivity index (χ2v) is 8.17. The number of piperazine rings is 1. The number of hydrogen-bond acceptors (Lipinski definition) is 4. The van der Waals surface area contributed by atoms with Crippen LogP contribution in [0.25, 0.3) is 0 Å². The Labute approximate surface area is 175 Å². The highest BCUT2D eigenvalue weighted by Crippen LogP contribution is 2.29. The van der Waals surface area contributed by atoms with Gasteiger partial charge in [0.2, 0.25) is 0 Å². The van der Waals surface area contributed by atoms with Crippen LogP contribution >= 0.6 is 0 Å². The smallest absolute Gasteiger partial charge is 0.0602 e. The Balaban J connectivity index is 1.35. The molecule has 0 unspecified atom stereocenters. The van der Waals surface area contributed by atoms with Crippen molar-refractivity contribution < 1.29 is 4.74 Å². The van der Waals surface area contributed by atoms with E-state index in [2.05, 4.69) is 81.9 Å². The van der Waals surface area contributed by atoms with Crippen molar-refractivity contribution in [3.63, 3.8) is 0 Å². The van der Waals surface area contributed by atoms with E-state index < -0.39 is 0 Å². The minimum Gasteiger partial charge on any atom is -0.379 e. The number of ether oxygens (including phenoxy) is 1. The third-order valence-corrected chi connectivity index (χ3v) is 6.00. The molecule has 0 N–H and O–H groups in total. The molecule has 2 fully saturated rings. The average molecular weight is 392 g/mol. The van der Waals surface area contributed by atoms with E-state index in [4.69, 9.17) is 4.74 Å². The van der Waals surface area contributed by atoms with Crippen molar-refractivity contribution in [3.05, 3.63) is 83.9 Å². The lowest BCUT2D eigenvalue weighted by Crippen LogP contribution is -2.48. The normalized spacial score (nSPS) is 19.5. The van der Waals surface area contributed by atoms with Gasteiger partial charge in [-0.2, -0.15) is 0 Å². The van der Waals surface area contributed by atoms with Gasteiger partial charge in [0.1, 0.15) is 0 Å². The lowest BCUT2D eigenvalue weighted by molar-refractivity contribution is 0.0409. The molecule has 4 heteroatoms. The third-order valence-electron chi connectivity index (χ3n) is 6.00. The van der Waals surface area contributed by atoms with Gasteiger partial charge in [0.15, 0.2) is 0 Å². The molecule has 2 heterocycles. The van der Waals surface area contributed by atoms with Gasteiger partial charge in [-0.1, -0.05) is 67.2 Å². The van der Waals surface area contributed by atoms with E-state index in [0.29, 0.717) is 6.04 Å². The summed E-state index contributed by atoms with van der Waals surface area (Å²) in [6.07, 6.45) is 0. The van der Waals surface area contributed by atoms with Gasteiger partial charge in [-0.25, -0.2) is 0 Å². The molecule has 0 radical (unpaired) electrons. The molecule has 2 aliphatic heterocycles. The standard InChI is InChI=1S/C25H33N3O/c1-22(21-27-16-18-29-19-17-27)20-26-12-14-28(15-13-26)25(23-8-4-2-5-9-23)24-10-6-3-7-11-24/h2-11,25H,1,12-21H2. The molecule has 0 bridgehead atoms. The minimum atomic E-state index is 0.330. The summed E-state index contributed by atoms with van der Waals surface area (Å²) in [6.45, 7) is 14.5. The summed E-state index contributed by atoms with van der Waals surface area (Å²) in [5.74, 6) is 0. The van der Waals surface area contributed by atoms with Crippen molar-refractivity contribution in [2.75, 3.05) is 65.6 Å². The third kappa shape index (κ3) is 5.55. The second kappa shape index (κ2) is 10.2. The molecule has 2 aliphatic rings. The Bertz CT molecular complexity index is 711. The van der Waals surface area contributed by atoms with Crippen molar-refractivity contribution in [3.8, 4) is 0 Å².